The molecule has 128 valence electrons. The summed E-state index contributed by atoms with van der Waals surface area (Å²) in [6.07, 6.45) is 3.44. The Kier molecular flexibility index (Phi) is 4.40. The Morgan fingerprint density at radius 2 is 1.69 bits per heavy atom. The number of ether oxygens (including phenoxy) is 1. The second kappa shape index (κ2) is 7.01. The molecule has 0 aliphatic heterocycles. The van der Waals surface area contributed by atoms with Gasteiger partial charge in [-0.2, -0.15) is 0 Å². The van der Waals surface area contributed by atoms with Gasteiger partial charge in [0.2, 0.25) is 5.82 Å². The van der Waals surface area contributed by atoms with Crippen molar-refractivity contribution in [2.75, 3.05) is 7.11 Å². The highest BCUT2D eigenvalue weighted by Crippen LogP contribution is 2.35. The molecule has 0 unspecified atom stereocenters. The van der Waals surface area contributed by atoms with Crippen LogP contribution in [-0.2, 0) is 0 Å². The van der Waals surface area contributed by atoms with Crippen LogP contribution in [0.15, 0.2) is 65.4 Å². The summed E-state index contributed by atoms with van der Waals surface area (Å²) >= 11 is 3.58. The standard InChI is InChI=1S/C18H13BrN6O/c1-26-17-11-16(13(19)10-12(17)14-6-2-4-8-20-14)25-23-18(22-24-25)15-7-3-5-9-21-15/h2-11H,1H3. The molecule has 4 aromatic rings. The molecule has 0 N–H and O–H groups in total. The van der Waals surface area contributed by atoms with Gasteiger partial charge in [-0.15, -0.1) is 15.0 Å². The molecule has 0 saturated heterocycles. The Morgan fingerprint density at radius 1 is 0.962 bits per heavy atom. The summed E-state index contributed by atoms with van der Waals surface area (Å²) in [5.74, 6) is 1.11. The molecular formula is C18H13BrN6O. The highest BCUT2D eigenvalue weighted by molar-refractivity contribution is 9.10. The van der Waals surface area contributed by atoms with E-state index in [9.17, 15) is 0 Å². The SMILES string of the molecule is COc1cc(-n2nnc(-c3ccccn3)n2)c(Br)cc1-c1ccccn1. The van der Waals surface area contributed by atoms with Gasteiger partial charge in [-0.25, -0.2) is 0 Å². The lowest BCUT2D eigenvalue weighted by molar-refractivity contribution is 0.415. The predicted octanol–water partition coefficient (Wildman–Crippen LogP) is 3.56. The van der Waals surface area contributed by atoms with Gasteiger partial charge in [0.05, 0.1) is 12.8 Å². The summed E-state index contributed by atoms with van der Waals surface area (Å²) in [6.45, 7) is 0. The lowest BCUT2D eigenvalue weighted by Crippen LogP contribution is -2.02. The van der Waals surface area contributed by atoms with Gasteiger partial charge >= 0.3 is 0 Å². The second-order valence-electron chi connectivity index (χ2n) is 5.34. The number of hydrogen-bond donors (Lipinski definition) is 0. The summed E-state index contributed by atoms with van der Waals surface area (Å²) < 4.78 is 6.34. The summed E-state index contributed by atoms with van der Waals surface area (Å²) in [7, 11) is 1.62. The Balaban J connectivity index is 1.77. The molecule has 0 aliphatic rings. The number of halogens is 1. The highest BCUT2D eigenvalue weighted by atomic mass is 79.9. The summed E-state index contributed by atoms with van der Waals surface area (Å²) in [5, 5.41) is 12.6. The third-order valence-electron chi connectivity index (χ3n) is 3.73. The zero-order valence-corrected chi connectivity index (χ0v) is 15.3. The molecule has 0 radical (unpaired) electrons. The molecular weight excluding hydrogens is 396 g/mol. The highest BCUT2D eigenvalue weighted by Gasteiger charge is 2.16. The number of methoxy groups -OCH3 is 1. The Bertz CT molecular complexity index is 1040. The van der Waals surface area contributed by atoms with Gasteiger partial charge < -0.3 is 4.74 Å². The maximum atomic E-state index is 5.55. The number of nitrogens with zero attached hydrogens (tertiary/aromatic N) is 6. The van der Waals surface area contributed by atoms with Crippen LogP contribution in [0.25, 0.3) is 28.5 Å². The maximum absolute atomic E-state index is 5.55. The van der Waals surface area contributed by atoms with Crippen molar-refractivity contribution < 1.29 is 4.74 Å². The molecule has 0 saturated carbocycles. The number of aromatic nitrogens is 6. The zero-order valence-electron chi connectivity index (χ0n) is 13.7. The molecule has 26 heavy (non-hydrogen) atoms. The van der Waals surface area contributed by atoms with Crippen LogP contribution < -0.4 is 4.74 Å². The quantitative estimate of drug-likeness (QED) is 0.513. The van der Waals surface area contributed by atoms with Crippen LogP contribution in [0.3, 0.4) is 0 Å². The third kappa shape index (κ3) is 3.06. The van der Waals surface area contributed by atoms with Crippen molar-refractivity contribution in [3.63, 3.8) is 0 Å². The zero-order chi connectivity index (χ0) is 17.9. The van der Waals surface area contributed by atoms with Crippen molar-refractivity contribution in [1.82, 2.24) is 30.2 Å². The lowest BCUT2D eigenvalue weighted by atomic mass is 10.1. The molecule has 0 fully saturated rings. The summed E-state index contributed by atoms with van der Waals surface area (Å²) in [5.41, 5.74) is 3.05. The minimum atomic E-state index is 0.449. The van der Waals surface area contributed by atoms with Crippen LogP contribution in [0.2, 0.25) is 0 Å². The van der Waals surface area contributed by atoms with Crippen LogP contribution in [0, 0.1) is 0 Å². The van der Waals surface area contributed by atoms with Gasteiger partial charge in [0.1, 0.15) is 17.1 Å². The molecule has 0 atom stereocenters. The van der Waals surface area contributed by atoms with E-state index in [1.807, 2.05) is 48.5 Å². The molecule has 0 bridgehead atoms. The topological polar surface area (TPSA) is 78.6 Å². The van der Waals surface area contributed by atoms with E-state index >= 15 is 0 Å². The van der Waals surface area contributed by atoms with Crippen LogP contribution in [0.4, 0.5) is 0 Å². The molecule has 7 nitrogen and oxygen atoms in total. The van der Waals surface area contributed by atoms with Gasteiger partial charge in [0.15, 0.2) is 0 Å². The normalized spacial score (nSPS) is 10.7. The van der Waals surface area contributed by atoms with Crippen molar-refractivity contribution in [2.45, 2.75) is 0 Å². The van der Waals surface area contributed by atoms with E-state index in [1.54, 1.807) is 19.5 Å². The molecule has 0 amide bonds. The molecule has 1 aromatic carbocycles. The van der Waals surface area contributed by atoms with E-state index in [2.05, 4.69) is 41.3 Å². The van der Waals surface area contributed by atoms with Gasteiger partial charge in [0, 0.05) is 28.5 Å². The molecule has 0 spiro atoms. The van der Waals surface area contributed by atoms with Gasteiger partial charge in [-0.1, -0.05) is 12.1 Å². The smallest absolute Gasteiger partial charge is 0.223 e. The predicted molar refractivity (Wildman–Crippen MR) is 99.9 cm³/mol. The fourth-order valence-electron chi connectivity index (χ4n) is 2.50. The van der Waals surface area contributed by atoms with Gasteiger partial charge in [0.25, 0.3) is 0 Å². The number of rotatable bonds is 4. The first kappa shape index (κ1) is 16.3. The van der Waals surface area contributed by atoms with E-state index in [0.29, 0.717) is 23.0 Å². The van der Waals surface area contributed by atoms with Crippen molar-refractivity contribution >= 4 is 15.9 Å². The molecule has 3 heterocycles. The van der Waals surface area contributed by atoms with E-state index in [-0.39, 0.29) is 0 Å². The van der Waals surface area contributed by atoms with Gasteiger partial charge in [-0.3, -0.25) is 9.97 Å². The Morgan fingerprint density at radius 3 is 2.35 bits per heavy atom. The maximum Gasteiger partial charge on any atom is 0.223 e. The van der Waals surface area contributed by atoms with Crippen LogP contribution in [0.5, 0.6) is 5.75 Å². The first-order valence-electron chi connectivity index (χ1n) is 7.77. The second-order valence-corrected chi connectivity index (χ2v) is 6.19. The van der Waals surface area contributed by atoms with Crippen molar-refractivity contribution in [1.29, 1.82) is 0 Å². The van der Waals surface area contributed by atoms with Crippen LogP contribution in [-0.4, -0.2) is 37.3 Å². The van der Waals surface area contributed by atoms with Crippen molar-refractivity contribution in [2.24, 2.45) is 0 Å². The first-order chi connectivity index (χ1) is 12.8. The van der Waals surface area contributed by atoms with Crippen LogP contribution in [0.1, 0.15) is 0 Å². The van der Waals surface area contributed by atoms with Crippen LogP contribution >= 0.6 is 15.9 Å². The minimum Gasteiger partial charge on any atom is -0.496 e. The molecule has 3 aromatic heterocycles. The lowest BCUT2D eigenvalue weighted by Gasteiger charge is -2.11. The fraction of sp³-hybridized carbons (Fsp3) is 0.0556. The fourth-order valence-corrected chi connectivity index (χ4v) is 3.00. The van der Waals surface area contributed by atoms with Gasteiger partial charge in [-0.05, 0) is 51.5 Å². The van der Waals surface area contributed by atoms with E-state index in [0.717, 1.165) is 15.7 Å². The van der Waals surface area contributed by atoms with E-state index in [1.165, 1.54) is 4.80 Å². The Hall–Kier alpha value is -3.13. The number of tetrazole rings is 1. The Labute approximate surface area is 157 Å². The number of hydrogen-bond acceptors (Lipinski definition) is 6. The summed E-state index contributed by atoms with van der Waals surface area (Å²) in [4.78, 5) is 10.1. The van der Waals surface area contributed by atoms with Crippen molar-refractivity contribution in [3.8, 4) is 34.2 Å². The largest absolute Gasteiger partial charge is 0.496 e. The summed E-state index contributed by atoms with van der Waals surface area (Å²) in [6, 6.07) is 15.1. The minimum absolute atomic E-state index is 0.449. The third-order valence-corrected chi connectivity index (χ3v) is 4.37. The first-order valence-corrected chi connectivity index (χ1v) is 8.56. The monoisotopic (exact) mass is 408 g/mol. The number of pyridine rings is 2. The molecule has 0 aliphatic carbocycles. The van der Waals surface area contributed by atoms with E-state index < -0.39 is 0 Å². The molecule has 8 heteroatoms. The van der Waals surface area contributed by atoms with Crippen molar-refractivity contribution in [3.05, 3.63) is 65.4 Å². The average Bonchev–Trinajstić information content (AvgIpc) is 3.19. The van der Waals surface area contributed by atoms with E-state index in [4.69, 9.17) is 4.74 Å². The average molecular weight is 409 g/mol. The number of benzene rings is 1. The molecule has 4 rings (SSSR count).